The Hall–Kier alpha value is -2.07. The normalized spacial score (nSPS) is 16.4. The molecule has 0 bridgehead atoms. The van der Waals surface area contributed by atoms with Gasteiger partial charge in [0.05, 0.1) is 0 Å². The standard InChI is InChI=1S/C26H35N3S/c1-4-28-15-7-8-22-17-21(12-14-25(22)28)18-29(23-9-5-6-10-23)26(30)27-24-13-11-19(2)16-20(24)3/h11-14,16-17,23H,4-10,15,18H2,1-3H3,(H,27,30). The van der Waals surface area contributed by atoms with Crippen LogP contribution in [0.5, 0.6) is 0 Å². The Kier molecular flexibility index (Phi) is 6.62. The molecule has 0 aromatic heterocycles. The Morgan fingerprint density at radius 3 is 2.63 bits per heavy atom. The van der Waals surface area contributed by atoms with Crippen molar-refractivity contribution < 1.29 is 0 Å². The van der Waals surface area contributed by atoms with Crippen LogP contribution in [-0.4, -0.2) is 29.1 Å². The van der Waals surface area contributed by atoms with Crippen molar-refractivity contribution >= 4 is 28.7 Å². The summed E-state index contributed by atoms with van der Waals surface area (Å²) >= 11 is 5.95. The fraction of sp³-hybridized carbons (Fsp3) is 0.500. The molecule has 4 heteroatoms. The van der Waals surface area contributed by atoms with E-state index in [-0.39, 0.29) is 0 Å². The Morgan fingerprint density at radius 1 is 1.10 bits per heavy atom. The van der Waals surface area contributed by atoms with Gasteiger partial charge >= 0.3 is 0 Å². The van der Waals surface area contributed by atoms with E-state index in [1.165, 1.54) is 73.0 Å². The quantitative estimate of drug-likeness (QED) is 0.578. The minimum Gasteiger partial charge on any atom is -0.372 e. The molecule has 4 rings (SSSR count). The van der Waals surface area contributed by atoms with Gasteiger partial charge in [0.25, 0.3) is 0 Å². The summed E-state index contributed by atoms with van der Waals surface area (Å²) in [7, 11) is 0. The lowest BCUT2D eigenvalue weighted by Crippen LogP contribution is -2.41. The minimum absolute atomic E-state index is 0.541. The van der Waals surface area contributed by atoms with Crippen LogP contribution in [0.4, 0.5) is 11.4 Å². The van der Waals surface area contributed by atoms with Gasteiger partial charge in [0.15, 0.2) is 5.11 Å². The zero-order valence-electron chi connectivity index (χ0n) is 18.7. The average molecular weight is 422 g/mol. The molecule has 1 saturated carbocycles. The van der Waals surface area contributed by atoms with E-state index in [0.29, 0.717) is 6.04 Å². The second-order valence-corrected chi connectivity index (χ2v) is 9.35. The highest BCUT2D eigenvalue weighted by molar-refractivity contribution is 7.80. The van der Waals surface area contributed by atoms with Crippen LogP contribution in [0, 0.1) is 13.8 Å². The van der Waals surface area contributed by atoms with Gasteiger partial charge in [-0.2, -0.15) is 0 Å². The lowest BCUT2D eigenvalue weighted by atomic mass is 9.98. The second-order valence-electron chi connectivity index (χ2n) is 8.96. The number of hydrogen-bond donors (Lipinski definition) is 1. The number of nitrogens with one attached hydrogen (secondary N) is 1. The van der Waals surface area contributed by atoms with Gasteiger partial charge in [-0.3, -0.25) is 0 Å². The second kappa shape index (κ2) is 9.38. The molecule has 0 atom stereocenters. The monoisotopic (exact) mass is 421 g/mol. The highest BCUT2D eigenvalue weighted by Gasteiger charge is 2.26. The van der Waals surface area contributed by atoms with E-state index in [4.69, 9.17) is 12.2 Å². The van der Waals surface area contributed by atoms with Crippen molar-refractivity contribution in [3.8, 4) is 0 Å². The van der Waals surface area contributed by atoms with E-state index >= 15 is 0 Å². The molecule has 3 nitrogen and oxygen atoms in total. The highest BCUT2D eigenvalue weighted by Crippen LogP contribution is 2.30. The third-order valence-electron chi connectivity index (χ3n) is 6.74. The first-order valence-electron chi connectivity index (χ1n) is 11.6. The number of hydrogen-bond acceptors (Lipinski definition) is 2. The van der Waals surface area contributed by atoms with Gasteiger partial charge in [-0.1, -0.05) is 42.7 Å². The average Bonchev–Trinajstić information content (AvgIpc) is 3.27. The molecular weight excluding hydrogens is 386 g/mol. The zero-order chi connectivity index (χ0) is 21.1. The van der Waals surface area contributed by atoms with Crippen LogP contribution >= 0.6 is 12.2 Å². The van der Waals surface area contributed by atoms with E-state index in [9.17, 15) is 0 Å². The molecule has 0 unspecified atom stereocenters. The summed E-state index contributed by atoms with van der Waals surface area (Å²) in [5.41, 5.74) is 7.96. The first-order chi connectivity index (χ1) is 14.5. The number of aryl methyl sites for hydroxylation is 3. The molecular formula is C26H35N3S. The summed E-state index contributed by atoms with van der Waals surface area (Å²) < 4.78 is 0. The number of anilines is 2. The van der Waals surface area contributed by atoms with Crippen LogP contribution in [0.1, 0.15) is 61.3 Å². The van der Waals surface area contributed by atoms with Crippen molar-refractivity contribution in [3.05, 3.63) is 58.7 Å². The minimum atomic E-state index is 0.541. The number of fused-ring (bicyclic) bond motifs is 1. The fourth-order valence-corrected chi connectivity index (χ4v) is 5.40. The molecule has 0 spiro atoms. The predicted octanol–water partition coefficient (Wildman–Crippen LogP) is 6.22. The van der Waals surface area contributed by atoms with Crippen molar-refractivity contribution in [3.63, 3.8) is 0 Å². The van der Waals surface area contributed by atoms with Crippen LogP contribution < -0.4 is 10.2 Å². The van der Waals surface area contributed by atoms with Gasteiger partial charge in [0.1, 0.15) is 0 Å². The first kappa shape index (κ1) is 21.2. The summed E-state index contributed by atoms with van der Waals surface area (Å²) in [6, 6.07) is 14.1. The SMILES string of the molecule is CCN1CCCc2cc(CN(C(=S)Nc3ccc(C)cc3C)C3CCCC3)ccc21. The molecule has 1 aliphatic heterocycles. The first-order valence-corrected chi connectivity index (χ1v) is 12.0. The molecule has 2 aromatic rings. The fourth-order valence-electron chi connectivity index (χ4n) is 5.08. The number of benzene rings is 2. The molecule has 1 N–H and O–H groups in total. The maximum Gasteiger partial charge on any atom is 0.173 e. The zero-order valence-corrected chi connectivity index (χ0v) is 19.5. The molecule has 0 amide bonds. The summed E-state index contributed by atoms with van der Waals surface area (Å²) in [6.45, 7) is 9.70. The van der Waals surface area contributed by atoms with Gasteiger partial charge in [-0.15, -0.1) is 0 Å². The topological polar surface area (TPSA) is 18.5 Å². The van der Waals surface area contributed by atoms with Crippen molar-refractivity contribution in [2.24, 2.45) is 0 Å². The van der Waals surface area contributed by atoms with Gasteiger partial charge < -0.3 is 15.1 Å². The van der Waals surface area contributed by atoms with E-state index in [2.05, 4.69) is 72.3 Å². The molecule has 0 radical (unpaired) electrons. The molecule has 2 aliphatic rings. The maximum atomic E-state index is 5.95. The lowest BCUT2D eigenvalue weighted by Gasteiger charge is -2.34. The Balaban J connectivity index is 1.55. The number of rotatable bonds is 5. The Labute approximate surface area is 187 Å². The van der Waals surface area contributed by atoms with Crippen molar-refractivity contribution in [1.29, 1.82) is 0 Å². The third-order valence-corrected chi connectivity index (χ3v) is 7.08. The Morgan fingerprint density at radius 2 is 1.90 bits per heavy atom. The van der Waals surface area contributed by atoms with E-state index < -0.39 is 0 Å². The number of nitrogens with zero attached hydrogens (tertiary/aromatic N) is 2. The van der Waals surface area contributed by atoms with E-state index in [1.54, 1.807) is 0 Å². The van der Waals surface area contributed by atoms with Gasteiger partial charge in [0.2, 0.25) is 0 Å². The summed E-state index contributed by atoms with van der Waals surface area (Å²) in [5.74, 6) is 0. The van der Waals surface area contributed by atoms with Crippen molar-refractivity contribution in [2.75, 3.05) is 23.3 Å². The van der Waals surface area contributed by atoms with Crippen LogP contribution in [0.25, 0.3) is 0 Å². The van der Waals surface area contributed by atoms with Gasteiger partial charge in [-0.25, -0.2) is 0 Å². The van der Waals surface area contributed by atoms with Gasteiger partial charge in [0, 0.05) is 37.1 Å². The van der Waals surface area contributed by atoms with Crippen LogP contribution in [0.3, 0.4) is 0 Å². The van der Waals surface area contributed by atoms with Crippen LogP contribution in [0.15, 0.2) is 36.4 Å². The third kappa shape index (κ3) is 4.64. The molecule has 1 aliphatic carbocycles. The largest absolute Gasteiger partial charge is 0.372 e. The van der Waals surface area contributed by atoms with Crippen LogP contribution in [-0.2, 0) is 13.0 Å². The number of thiocarbonyl (C=S) groups is 1. The summed E-state index contributed by atoms with van der Waals surface area (Å²) in [5, 5.41) is 4.43. The predicted molar refractivity (Wildman–Crippen MR) is 133 cm³/mol. The van der Waals surface area contributed by atoms with Gasteiger partial charge in [-0.05, 0) is 87.5 Å². The van der Waals surface area contributed by atoms with Crippen LogP contribution in [0.2, 0.25) is 0 Å². The molecule has 160 valence electrons. The molecule has 1 heterocycles. The van der Waals surface area contributed by atoms with Crippen molar-refractivity contribution in [1.82, 2.24) is 4.90 Å². The highest BCUT2D eigenvalue weighted by atomic mass is 32.1. The molecule has 1 fully saturated rings. The summed E-state index contributed by atoms with van der Waals surface area (Å²) in [6.07, 6.45) is 7.54. The molecule has 30 heavy (non-hydrogen) atoms. The summed E-state index contributed by atoms with van der Waals surface area (Å²) in [4.78, 5) is 4.95. The lowest BCUT2D eigenvalue weighted by molar-refractivity contribution is 0.312. The Bertz CT molecular complexity index is 901. The van der Waals surface area contributed by atoms with E-state index in [1.807, 2.05) is 0 Å². The smallest absolute Gasteiger partial charge is 0.173 e. The molecule has 0 saturated heterocycles. The maximum absolute atomic E-state index is 5.95. The van der Waals surface area contributed by atoms with E-state index in [0.717, 1.165) is 23.9 Å². The molecule has 2 aromatic carbocycles. The van der Waals surface area contributed by atoms with Crippen molar-refractivity contribution in [2.45, 2.75) is 71.9 Å².